The van der Waals surface area contributed by atoms with Crippen molar-refractivity contribution in [1.82, 2.24) is 4.98 Å². The fourth-order valence-electron chi connectivity index (χ4n) is 2.71. The Morgan fingerprint density at radius 2 is 1.96 bits per heavy atom. The van der Waals surface area contributed by atoms with Crippen molar-refractivity contribution in [1.29, 1.82) is 0 Å². The number of non-ortho nitro benzene ring substituents is 1. The molecule has 134 valence electrons. The minimum absolute atomic E-state index is 0.00107. The van der Waals surface area contributed by atoms with Crippen molar-refractivity contribution in [3.8, 4) is 21.8 Å². The van der Waals surface area contributed by atoms with Crippen LogP contribution in [0.5, 0.6) is 0 Å². The van der Waals surface area contributed by atoms with E-state index in [1.165, 1.54) is 29.5 Å². The van der Waals surface area contributed by atoms with Gasteiger partial charge < -0.3 is 9.62 Å². The number of nitro benzene ring substituents is 1. The van der Waals surface area contributed by atoms with Crippen LogP contribution in [0.15, 0.2) is 63.5 Å². The number of nitrogens with zero attached hydrogens (tertiary/aromatic N) is 3. The Bertz CT molecular complexity index is 1230. The van der Waals surface area contributed by atoms with Gasteiger partial charge in [0.1, 0.15) is 10.6 Å². The number of nitro groups is 1. The van der Waals surface area contributed by atoms with Crippen molar-refractivity contribution in [2.24, 2.45) is 5.16 Å². The second-order valence-corrected chi connectivity index (χ2v) is 6.81. The highest BCUT2D eigenvalue weighted by Gasteiger charge is 2.14. The third kappa shape index (κ3) is 3.18. The maximum atomic E-state index is 11.0. The van der Waals surface area contributed by atoms with Crippen LogP contribution in [0.25, 0.3) is 32.8 Å². The van der Waals surface area contributed by atoms with Gasteiger partial charge in [0.15, 0.2) is 0 Å². The first-order valence-electron chi connectivity index (χ1n) is 7.98. The van der Waals surface area contributed by atoms with E-state index in [9.17, 15) is 15.3 Å². The molecule has 0 saturated heterocycles. The lowest BCUT2D eigenvalue weighted by molar-refractivity contribution is -0.384. The van der Waals surface area contributed by atoms with Crippen molar-refractivity contribution < 1.29 is 14.5 Å². The van der Waals surface area contributed by atoms with Crippen LogP contribution in [0.4, 0.5) is 5.69 Å². The molecule has 0 aliphatic heterocycles. The number of hydrogen-bond acceptors (Lipinski definition) is 7. The summed E-state index contributed by atoms with van der Waals surface area (Å²) in [4.78, 5) is 15.1. The van der Waals surface area contributed by atoms with E-state index in [1.54, 1.807) is 6.07 Å². The molecule has 0 aliphatic carbocycles. The molecule has 1 N–H and O–H groups in total. The zero-order valence-electron chi connectivity index (χ0n) is 14.1. The Labute approximate surface area is 157 Å². The van der Waals surface area contributed by atoms with Crippen LogP contribution in [0.1, 0.15) is 5.56 Å². The van der Waals surface area contributed by atoms with Gasteiger partial charge >= 0.3 is 0 Å². The summed E-state index contributed by atoms with van der Waals surface area (Å²) in [6.45, 7) is 2.01. The largest absolute Gasteiger partial charge is 0.435 e. The highest BCUT2D eigenvalue weighted by atomic mass is 32.1. The van der Waals surface area contributed by atoms with Gasteiger partial charge in [-0.05, 0) is 24.2 Å². The smallest absolute Gasteiger partial charge is 0.270 e. The summed E-state index contributed by atoms with van der Waals surface area (Å²) < 4.78 is 5.59. The van der Waals surface area contributed by atoms with Crippen LogP contribution in [0, 0.1) is 17.0 Å². The third-order valence-corrected chi connectivity index (χ3v) is 4.99. The number of rotatable bonds is 3. The molecule has 0 saturated carbocycles. The van der Waals surface area contributed by atoms with Gasteiger partial charge in [-0.3, -0.25) is 10.1 Å². The molecule has 2 aromatic carbocycles. The average molecular weight is 379 g/mol. The average Bonchev–Trinajstić information content (AvgIpc) is 3.17. The third-order valence-electron chi connectivity index (χ3n) is 4.11. The lowest BCUT2D eigenvalue weighted by Gasteiger charge is -2.02. The van der Waals surface area contributed by atoms with E-state index in [4.69, 9.17) is 4.42 Å². The summed E-state index contributed by atoms with van der Waals surface area (Å²) in [5, 5.41) is 26.6. The van der Waals surface area contributed by atoms with Crippen LogP contribution in [-0.2, 0) is 0 Å². The summed E-state index contributed by atoms with van der Waals surface area (Å²) in [7, 11) is 0. The number of hydrogen-bond donors (Lipinski definition) is 1. The van der Waals surface area contributed by atoms with Gasteiger partial charge in [-0.25, -0.2) is 4.98 Å². The van der Waals surface area contributed by atoms with Crippen molar-refractivity contribution in [3.05, 3.63) is 75.1 Å². The Hall–Kier alpha value is -3.52. The molecule has 0 amide bonds. The number of aryl methyl sites for hydroxylation is 1. The van der Waals surface area contributed by atoms with Crippen molar-refractivity contribution in [3.63, 3.8) is 0 Å². The molecule has 0 aliphatic rings. The quantitative estimate of drug-likeness (QED) is 0.315. The maximum Gasteiger partial charge on any atom is 0.270 e. The molecule has 0 fully saturated rings. The van der Waals surface area contributed by atoms with Crippen molar-refractivity contribution >= 4 is 28.0 Å². The summed E-state index contributed by atoms with van der Waals surface area (Å²) in [5.41, 5.74) is 3.72. The topological polar surface area (TPSA) is 102 Å². The van der Waals surface area contributed by atoms with Gasteiger partial charge in [0.2, 0.25) is 0 Å². The van der Waals surface area contributed by atoms with Gasteiger partial charge in [0, 0.05) is 28.5 Å². The van der Waals surface area contributed by atoms with E-state index in [2.05, 4.69) is 10.1 Å². The predicted molar refractivity (Wildman–Crippen MR) is 101 cm³/mol. The molecule has 0 unspecified atom stereocenters. The molecule has 4 aromatic rings. The standard InChI is InChI=1S/C19H13N3O4S/c1-11-2-4-12(5-3-11)16-10-27-19(20-16)15-9-13-8-14(22(24)25)6-7-17(13)26-18(15)21-23/h2-10,23H,1H3/b21-18-. The Kier molecular flexibility index (Phi) is 4.17. The van der Waals surface area contributed by atoms with Crippen LogP contribution < -0.4 is 5.55 Å². The fraction of sp³-hybridized carbons (Fsp3) is 0.0526. The van der Waals surface area contributed by atoms with Crippen molar-refractivity contribution in [2.75, 3.05) is 0 Å². The van der Waals surface area contributed by atoms with Crippen molar-refractivity contribution in [2.45, 2.75) is 6.92 Å². The molecular formula is C19H13N3O4S. The molecular weight excluding hydrogens is 366 g/mol. The lowest BCUT2D eigenvalue weighted by Crippen LogP contribution is -2.05. The first kappa shape index (κ1) is 16.9. The molecule has 8 heteroatoms. The van der Waals surface area contributed by atoms with Crippen LogP contribution in [-0.4, -0.2) is 15.1 Å². The number of fused-ring (bicyclic) bond motifs is 1. The summed E-state index contributed by atoms with van der Waals surface area (Å²) in [5.74, 6) is 0. The minimum atomic E-state index is -0.470. The van der Waals surface area contributed by atoms with E-state index in [-0.39, 0.29) is 11.2 Å². The predicted octanol–water partition coefficient (Wildman–Crippen LogP) is 4.73. The Balaban J connectivity index is 1.85. The summed E-state index contributed by atoms with van der Waals surface area (Å²) in [6.07, 6.45) is 0. The van der Waals surface area contributed by atoms with E-state index < -0.39 is 4.92 Å². The Morgan fingerprint density at radius 1 is 1.19 bits per heavy atom. The van der Waals surface area contributed by atoms with Gasteiger partial charge in [0.25, 0.3) is 11.2 Å². The monoisotopic (exact) mass is 379 g/mol. The number of thiazole rings is 1. The second kappa shape index (κ2) is 6.65. The number of benzene rings is 2. The van der Waals surface area contributed by atoms with Gasteiger partial charge in [-0.15, -0.1) is 11.3 Å². The zero-order chi connectivity index (χ0) is 19.0. The highest BCUT2D eigenvalue weighted by molar-refractivity contribution is 7.13. The van der Waals surface area contributed by atoms with Gasteiger partial charge in [0.05, 0.1) is 16.2 Å². The van der Waals surface area contributed by atoms with Crippen LogP contribution in [0.3, 0.4) is 0 Å². The van der Waals surface area contributed by atoms with E-state index >= 15 is 0 Å². The highest BCUT2D eigenvalue weighted by Crippen LogP contribution is 2.30. The first-order valence-corrected chi connectivity index (χ1v) is 8.86. The van der Waals surface area contributed by atoms with Gasteiger partial charge in [-0.2, -0.15) is 0 Å². The van der Waals surface area contributed by atoms with E-state index in [1.807, 2.05) is 36.6 Å². The molecule has 4 rings (SSSR count). The SMILES string of the molecule is Cc1ccc(-c2csc(-c3cc4cc([N+](=O)[O-])ccc4o/c3=N\O)n2)cc1. The second-order valence-electron chi connectivity index (χ2n) is 5.95. The molecule has 7 nitrogen and oxygen atoms in total. The number of aromatic nitrogens is 1. The van der Waals surface area contributed by atoms with Crippen LogP contribution >= 0.6 is 11.3 Å². The first-order chi connectivity index (χ1) is 13.0. The lowest BCUT2D eigenvalue weighted by atomic mass is 10.1. The maximum absolute atomic E-state index is 11.0. The molecule has 27 heavy (non-hydrogen) atoms. The molecule has 0 atom stereocenters. The van der Waals surface area contributed by atoms with Gasteiger partial charge in [-0.1, -0.05) is 29.8 Å². The normalized spacial score (nSPS) is 11.8. The Morgan fingerprint density at radius 3 is 2.67 bits per heavy atom. The zero-order valence-corrected chi connectivity index (χ0v) is 14.9. The molecule has 0 spiro atoms. The molecule has 0 radical (unpaired) electrons. The molecule has 0 bridgehead atoms. The molecule has 2 aromatic heterocycles. The summed E-state index contributed by atoms with van der Waals surface area (Å²) in [6, 6.07) is 13.9. The van der Waals surface area contributed by atoms with E-state index in [0.717, 1.165) is 16.8 Å². The van der Waals surface area contributed by atoms with E-state index in [0.29, 0.717) is 21.5 Å². The molecule has 2 heterocycles. The fourth-order valence-corrected chi connectivity index (χ4v) is 3.55. The minimum Gasteiger partial charge on any atom is -0.435 e. The summed E-state index contributed by atoms with van der Waals surface area (Å²) >= 11 is 1.37. The van der Waals surface area contributed by atoms with Crippen LogP contribution in [0.2, 0.25) is 0 Å².